The molecule has 2 unspecified atom stereocenters. The SMILES string of the molecule is CCNC(C)c1sc(C2Cc3ccccc3O2)nc1C. The van der Waals surface area contributed by atoms with Gasteiger partial charge in [-0.15, -0.1) is 11.3 Å². The first kappa shape index (κ1) is 13.6. The van der Waals surface area contributed by atoms with E-state index in [1.807, 2.05) is 12.1 Å². The maximum atomic E-state index is 6.03. The van der Waals surface area contributed by atoms with Gasteiger partial charge in [0.1, 0.15) is 10.8 Å². The largest absolute Gasteiger partial charge is 0.483 e. The summed E-state index contributed by atoms with van der Waals surface area (Å²) in [6, 6.07) is 8.62. The monoisotopic (exact) mass is 288 g/mol. The predicted molar refractivity (Wildman–Crippen MR) is 82.5 cm³/mol. The first-order valence-corrected chi connectivity index (χ1v) is 7.95. The number of thiazole rings is 1. The zero-order valence-electron chi connectivity index (χ0n) is 12.1. The number of hydrogen-bond acceptors (Lipinski definition) is 4. The molecule has 20 heavy (non-hydrogen) atoms. The third-order valence-electron chi connectivity index (χ3n) is 3.68. The molecule has 0 radical (unpaired) electrons. The Labute approximate surface area is 124 Å². The smallest absolute Gasteiger partial charge is 0.154 e. The maximum Gasteiger partial charge on any atom is 0.154 e. The second-order valence-electron chi connectivity index (χ2n) is 5.20. The van der Waals surface area contributed by atoms with Crippen molar-refractivity contribution >= 4 is 11.3 Å². The number of para-hydroxylation sites is 1. The van der Waals surface area contributed by atoms with E-state index >= 15 is 0 Å². The molecular formula is C16H20N2OS. The van der Waals surface area contributed by atoms with Crippen LogP contribution in [0.3, 0.4) is 0 Å². The van der Waals surface area contributed by atoms with Gasteiger partial charge in [-0.2, -0.15) is 0 Å². The third-order valence-corrected chi connectivity index (χ3v) is 5.11. The Hall–Kier alpha value is -1.39. The van der Waals surface area contributed by atoms with Crippen molar-refractivity contribution in [3.8, 4) is 5.75 Å². The van der Waals surface area contributed by atoms with Gasteiger partial charge in [0, 0.05) is 17.3 Å². The molecule has 0 saturated carbocycles. The summed E-state index contributed by atoms with van der Waals surface area (Å²) in [6.07, 6.45) is 1.01. The lowest BCUT2D eigenvalue weighted by atomic mass is 10.1. The van der Waals surface area contributed by atoms with Gasteiger partial charge in [-0.3, -0.25) is 0 Å². The first-order valence-electron chi connectivity index (χ1n) is 7.14. The summed E-state index contributed by atoms with van der Waals surface area (Å²) in [5.74, 6) is 1.01. The Morgan fingerprint density at radius 2 is 2.25 bits per heavy atom. The van der Waals surface area contributed by atoms with Crippen molar-refractivity contribution in [1.82, 2.24) is 10.3 Å². The normalized spacial score (nSPS) is 18.6. The van der Waals surface area contributed by atoms with E-state index < -0.39 is 0 Å². The van der Waals surface area contributed by atoms with Gasteiger partial charge in [0.15, 0.2) is 6.10 Å². The number of benzene rings is 1. The number of rotatable bonds is 4. The van der Waals surface area contributed by atoms with Crippen LogP contribution in [0.1, 0.15) is 47.1 Å². The van der Waals surface area contributed by atoms with Gasteiger partial charge in [-0.05, 0) is 32.0 Å². The van der Waals surface area contributed by atoms with E-state index in [2.05, 4.69) is 38.2 Å². The van der Waals surface area contributed by atoms with Gasteiger partial charge in [0.2, 0.25) is 0 Å². The van der Waals surface area contributed by atoms with Gasteiger partial charge >= 0.3 is 0 Å². The van der Waals surface area contributed by atoms with Crippen LogP contribution < -0.4 is 10.1 Å². The Balaban J connectivity index is 1.81. The minimum Gasteiger partial charge on any atom is -0.483 e. The molecule has 1 aromatic heterocycles. The molecule has 2 atom stereocenters. The van der Waals surface area contributed by atoms with Crippen LogP contribution in [-0.2, 0) is 6.42 Å². The molecule has 3 rings (SSSR count). The standard InChI is InChI=1S/C16H20N2OS/c1-4-17-10(2)15-11(3)18-16(20-15)14-9-12-7-5-6-8-13(12)19-14/h5-8,10,14,17H,4,9H2,1-3H3. The number of fused-ring (bicyclic) bond motifs is 1. The van der Waals surface area contributed by atoms with Crippen LogP contribution in [0.25, 0.3) is 0 Å². The molecule has 1 aliphatic heterocycles. The minimum absolute atomic E-state index is 0.0821. The fraction of sp³-hybridized carbons (Fsp3) is 0.438. The average molecular weight is 288 g/mol. The summed E-state index contributed by atoms with van der Waals surface area (Å²) in [4.78, 5) is 6.05. The highest BCUT2D eigenvalue weighted by molar-refractivity contribution is 7.11. The highest BCUT2D eigenvalue weighted by atomic mass is 32.1. The second kappa shape index (κ2) is 5.54. The number of aromatic nitrogens is 1. The van der Waals surface area contributed by atoms with Gasteiger partial charge < -0.3 is 10.1 Å². The van der Waals surface area contributed by atoms with E-state index in [1.165, 1.54) is 10.4 Å². The highest BCUT2D eigenvalue weighted by Gasteiger charge is 2.28. The fourth-order valence-electron chi connectivity index (χ4n) is 2.69. The molecule has 2 heterocycles. The third kappa shape index (κ3) is 2.45. The Morgan fingerprint density at radius 3 is 3.00 bits per heavy atom. The van der Waals surface area contributed by atoms with Crippen molar-refractivity contribution < 1.29 is 4.74 Å². The summed E-state index contributed by atoms with van der Waals surface area (Å²) in [5.41, 5.74) is 2.41. The number of nitrogens with one attached hydrogen (secondary N) is 1. The van der Waals surface area contributed by atoms with Crippen molar-refractivity contribution in [2.45, 2.75) is 39.3 Å². The van der Waals surface area contributed by atoms with E-state index in [9.17, 15) is 0 Å². The lowest BCUT2D eigenvalue weighted by Gasteiger charge is -2.10. The molecule has 0 fully saturated rings. The molecule has 4 heteroatoms. The Morgan fingerprint density at radius 1 is 1.45 bits per heavy atom. The average Bonchev–Trinajstić information content (AvgIpc) is 3.02. The van der Waals surface area contributed by atoms with Crippen molar-refractivity contribution in [2.24, 2.45) is 0 Å². The van der Waals surface area contributed by atoms with Crippen LogP contribution in [0.5, 0.6) is 5.75 Å². The molecule has 2 aromatic rings. The van der Waals surface area contributed by atoms with Crippen molar-refractivity contribution in [3.05, 3.63) is 45.4 Å². The highest BCUT2D eigenvalue weighted by Crippen LogP contribution is 2.39. The first-order chi connectivity index (χ1) is 9.69. The lowest BCUT2D eigenvalue weighted by Crippen LogP contribution is -2.17. The molecule has 1 N–H and O–H groups in total. The quantitative estimate of drug-likeness (QED) is 0.929. The van der Waals surface area contributed by atoms with Crippen LogP contribution in [0.15, 0.2) is 24.3 Å². The second-order valence-corrected chi connectivity index (χ2v) is 6.26. The Bertz CT molecular complexity index is 583. The van der Waals surface area contributed by atoms with Gasteiger partial charge in [-0.1, -0.05) is 25.1 Å². The van der Waals surface area contributed by atoms with Gasteiger partial charge in [0.05, 0.1) is 5.69 Å². The molecule has 1 aliphatic rings. The zero-order valence-corrected chi connectivity index (χ0v) is 13.0. The molecule has 106 valence electrons. The summed E-state index contributed by atoms with van der Waals surface area (Å²) >= 11 is 1.78. The van der Waals surface area contributed by atoms with Crippen LogP contribution in [-0.4, -0.2) is 11.5 Å². The van der Waals surface area contributed by atoms with Crippen LogP contribution in [0.4, 0.5) is 0 Å². The van der Waals surface area contributed by atoms with Crippen molar-refractivity contribution in [3.63, 3.8) is 0 Å². The topological polar surface area (TPSA) is 34.1 Å². The zero-order chi connectivity index (χ0) is 14.1. The number of aryl methyl sites for hydroxylation is 1. The van der Waals surface area contributed by atoms with Crippen molar-refractivity contribution in [1.29, 1.82) is 0 Å². The Kier molecular flexibility index (Phi) is 3.76. The molecule has 0 amide bonds. The van der Waals surface area contributed by atoms with Gasteiger partial charge in [-0.25, -0.2) is 4.98 Å². The predicted octanol–water partition coefficient (Wildman–Crippen LogP) is 3.80. The fourth-order valence-corrected chi connectivity index (χ4v) is 3.81. The minimum atomic E-state index is 0.0821. The lowest BCUT2D eigenvalue weighted by molar-refractivity contribution is 0.238. The van der Waals surface area contributed by atoms with Crippen LogP contribution in [0.2, 0.25) is 0 Å². The van der Waals surface area contributed by atoms with Crippen LogP contribution in [0, 0.1) is 6.92 Å². The molecule has 1 aromatic carbocycles. The van der Waals surface area contributed by atoms with E-state index in [1.54, 1.807) is 11.3 Å². The number of nitrogens with zero attached hydrogens (tertiary/aromatic N) is 1. The van der Waals surface area contributed by atoms with E-state index in [0.29, 0.717) is 6.04 Å². The molecule has 0 aliphatic carbocycles. The molecule has 0 saturated heterocycles. The summed E-state index contributed by atoms with van der Waals surface area (Å²) in [5, 5.41) is 4.55. The maximum absolute atomic E-state index is 6.03. The van der Waals surface area contributed by atoms with Gasteiger partial charge in [0.25, 0.3) is 0 Å². The summed E-state index contributed by atoms with van der Waals surface area (Å²) in [6.45, 7) is 7.38. The molecule has 0 bridgehead atoms. The summed E-state index contributed by atoms with van der Waals surface area (Å²) < 4.78 is 6.03. The van der Waals surface area contributed by atoms with E-state index in [0.717, 1.165) is 29.4 Å². The van der Waals surface area contributed by atoms with E-state index in [4.69, 9.17) is 9.72 Å². The van der Waals surface area contributed by atoms with Crippen molar-refractivity contribution in [2.75, 3.05) is 6.54 Å². The molecular weight excluding hydrogens is 268 g/mol. The number of hydrogen-bond donors (Lipinski definition) is 1. The summed E-state index contributed by atoms with van der Waals surface area (Å²) in [7, 11) is 0. The van der Waals surface area contributed by atoms with E-state index in [-0.39, 0.29) is 6.10 Å². The van der Waals surface area contributed by atoms with Crippen LogP contribution >= 0.6 is 11.3 Å². The molecule has 0 spiro atoms. The number of ether oxygens (including phenoxy) is 1. The molecule has 3 nitrogen and oxygen atoms in total.